The highest BCUT2D eigenvalue weighted by Crippen LogP contribution is 2.40. The second-order valence-corrected chi connectivity index (χ2v) is 8.17. The van der Waals surface area contributed by atoms with Gasteiger partial charge < -0.3 is 4.52 Å². The van der Waals surface area contributed by atoms with E-state index in [-0.39, 0.29) is 5.97 Å². The maximum atomic E-state index is 13.0. The summed E-state index contributed by atoms with van der Waals surface area (Å²) in [6, 6.07) is 20.1. The van der Waals surface area contributed by atoms with Gasteiger partial charge in [-0.25, -0.2) is 0 Å². The molecule has 0 aliphatic carbocycles. The van der Waals surface area contributed by atoms with Crippen LogP contribution in [0.1, 0.15) is 46.5 Å². The van der Waals surface area contributed by atoms with E-state index < -0.39 is 13.6 Å². The van der Waals surface area contributed by atoms with Crippen molar-refractivity contribution in [2.75, 3.05) is 0 Å². The minimum absolute atomic E-state index is 0.0720. The quantitative estimate of drug-likeness (QED) is 0.618. The van der Waals surface area contributed by atoms with E-state index in [0.29, 0.717) is 0 Å². The minimum Gasteiger partial charge on any atom is -0.435 e. The normalized spacial score (nSPS) is 13.5. The maximum Gasteiger partial charge on any atom is 0.315 e. The van der Waals surface area contributed by atoms with E-state index in [4.69, 9.17) is 4.52 Å². The second kappa shape index (κ2) is 8.99. The Hall–Kier alpha value is -1.66. The summed E-state index contributed by atoms with van der Waals surface area (Å²) in [5.74, 6) is -0.0720. The van der Waals surface area contributed by atoms with Gasteiger partial charge in [-0.3, -0.25) is 4.79 Å². The summed E-state index contributed by atoms with van der Waals surface area (Å²) in [4.78, 5) is 13.0. The van der Waals surface area contributed by atoms with Gasteiger partial charge in [0.25, 0.3) is 0 Å². The average molecular weight is 342 g/mol. The van der Waals surface area contributed by atoms with Crippen LogP contribution in [0, 0.1) is 5.41 Å². The number of hydrogen-bond acceptors (Lipinski definition) is 2. The van der Waals surface area contributed by atoms with E-state index in [1.54, 1.807) is 0 Å². The van der Waals surface area contributed by atoms with Crippen LogP contribution in [-0.4, -0.2) is 5.97 Å². The largest absolute Gasteiger partial charge is 0.435 e. The molecule has 0 aliphatic heterocycles. The number of carbonyl (C=O) groups is 1. The number of hydrogen-bond donors (Lipinski definition) is 0. The van der Waals surface area contributed by atoms with Crippen molar-refractivity contribution in [3.8, 4) is 0 Å². The Labute approximate surface area is 147 Å². The standard InChI is InChI=1S/C21H27O2P/c1-4-6-17-21(3,5-2)20(22)23-24(18-13-9-7-10-14-18)19-15-11-8-12-16-19/h7-16H,4-6,17H2,1-3H3. The van der Waals surface area contributed by atoms with Gasteiger partial charge in [-0.05, 0) is 19.8 Å². The summed E-state index contributed by atoms with van der Waals surface area (Å²) in [6.45, 7) is 6.26. The van der Waals surface area contributed by atoms with Gasteiger partial charge in [0, 0.05) is 10.6 Å². The predicted molar refractivity (Wildman–Crippen MR) is 103 cm³/mol. The molecule has 0 saturated carbocycles. The number of benzene rings is 2. The van der Waals surface area contributed by atoms with Gasteiger partial charge in [-0.2, -0.15) is 0 Å². The Morgan fingerprint density at radius 2 is 1.46 bits per heavy atom. The zero-order valence-corrected chi connectivity index (χ0v) is 15.8. The first kappa shape index (κ1) is 18.7. The fraction of sp³-hybridized carbons (Fsp3) is 0.381. The van der Waals surface area contributed by atoms with E-state index in [1.165, 1.54) is 0 Å². The van der Waals surface area contributed by atoms with Crippen molar-refractivity contribution in [3.05, 3.63) is 60.7 Å². The molecule has 24 heavy (non-hydrogen) atoms. The molecule has 0 saturated heterocycles. The van der Waals surface area contributed by atoms with Crippen LogP contribution in [-0.2, 0) is 9.32 Å². The second-order valence-electron chi connectivity index (χ2n) is 6.36. The van der Waals surface area contributed by atoms with Crippen LogP contribution in [0.2, 0.25) is 0 Å². The fourth-order valence-corrected chi connectivity index (χ4v) is 4.35. The van der Waals surface area contributed by atoms with E-state index in [2.05, 4.69) is 13.8 Å². The molecule has 0 radical (unpaired) electrons. The molecule has 0 aliphatic rings. The highest BCUT2D eigenvalue weighted by molar-refractivity contribution is 7.69. The van der Waals surface area contributed by atoms with Crippen LogP contribution in [0.4, 0.5) is 0 Å². The van der Waals surface area contributed by atoms with Crippen molar-refractivity contribution in [1.29, 1.82) is 0 Å². The van der Waals surface area contributed by atoms with E-state index >= 15 is 0 Å². The van der Waals surface area contributed by atoms with Crippen molar-refractivity contribution >= 4 is 24.7 Å². The molecule has 1 atom stereocenters. The van der Waals surface area contributed by atoms with Crippen LogP contribution < -0.4 is 10.6 Å². The lowest BCUT2D eigenvalue weighted by Gasteiger charge is -2.28. The van der Waals surface area contributed by atoms with Crippen LogP contribution in [0.5, 0.6) is 0 Å². The smallest absolute Gasteiger partial charge is 0.315 e. The fourth-order valence-electron chi connectivity index (χ4n) is 2.56. The first-order valence-electron chi connectivity index (χ1n) is 8.73. The molecule has 0 heterocycles. The van der Waals surface area contributed by atoms with Gasteiger partial charge in [0.05, 0.1) is 5.41 Å². The van der Waals surface area contributed by atoms with Crippen molar-refractivity contribution in [2.45, 2.75) is 46.5 Å². The molecule has 0 fully saturated rings. The highest BCUT2D eigenvalue weighted by atomic mass is 31.1. The van der Waals surface area contributed by atoms with Gasteiger partial charge in [-0.1, -0.05) is 87.4 Å². The van der Waals surface area contributed by atoms with E-state index in [1.807, 2.05) is 67.6 Å². The lowest BCUT2D eigenvalue weighted by molar-refractivity contribution is -0.144. The molecule has 2 aromatic carbocycles. The van der Waals surface area contributed by atoms with Gasteiger partial charge in [0.1, 0.15) is 0 Å². The summed E-state index contributed by atoms with van der Waals surface area (Å²) >= 11 is 0. The maximum absolute atomic E-state index is 13.0. The molecule has 128 valence electrons. The Morgan fingerprint density at radius 1 is 0.958 bits per heavy atom. The monoisotopic (exact) mass is 342 g/mol. The van der Waals surface area contributed by atoms with Crippen LogP contribution >= 0.6 is 8.15 Å². The lowest BCUT2D eigenvalue weighted by Crippen LogP contribution is -2.30. The Bertz CT molecular complexity index is 587. The zero-order valence-electron chi connectivity index (χ0n) is 14.9. The molecule has 2 rings (SSSR count). The number of rotatable bonds is 8. The Balaban J connectivity index is 2.27. The molecule has 1 unspecified atom stereocenters. The molecule has 0 amide bonds. The van der Waals surface area contributed by atoms with Crippen molar-refractivity contribution < 1.29 is 9.32 Å². The summed E-state index contributed by atoms with van der Waals surface area (Å²) < 4.78 is 6.10. The van der Waals surface area contributed by atoms with Gasteiger partial charge in [0.2, 0.25) is 0 Å². The van der Waals surface area contributed by atoms with Crippen LogP contribution in [0.25, 0.3) is 0 Å². The molecule has 0 spiro atoms. The van der Waals surface area contributed by atoms with Gasteiger partial charge in [0.15, 0.2) is 8.15 Å². The first-order valence-corrected chi connectivity index (χ1v) is 9.99. The van der Waals surface area contributed by atoms with E-state index in [0.717, 1.165) is 36.3 Å². The first-order chi connectivity index (χ1) is 11.6. The molecule has 0 aromatic heterocycles. The summed E-state index contributed by atoms with van der Waals surface area (Å²) in [7, 11) is -1.12. The van der Waals surface area contributed by atoms with Crippen molar-refractivity contribution in [1.82, 2.24) is 0 Å². The minimum atomic E-state index is -1.12. The lowest BCUT2D eigenvalue weighted by atomic mass is 9.82. The SMILES string of the molecule is CCCCC(C)(CC)C(=O)OP(c1ccccc1)c1ccccc1. The Kier molecular flexibility index (Phi) is 6.99. The molecular weight excluding hydrogens is 315 g/mol. The molecule has 3 heteroatoms. The van der Waals surface area contributed by atoms with E-state index in [9.17, 15) is 4.79 Å². The van der Waals surface area contributed by atoms with Crippen LogP contribution in [0.15, 0.2) is 60.7 Å². The summed E-state index contributed by atoms with van der Waals surface area (Å²) in [5, 5.41) is 2.14. The number of unbranched alkanes of at least 4 members (excludes halogenated alkanes) is 1. The van der Waals surface area contributed by atoms with Crippen molar-refractivity contribution in [3.63, 3.8) is 0 Å². The molecular formula is C21H27O2P. The van der Waals surface area contributed by atoms with Crippen LogP contribution in [0.3, 0.4) is 0 Å². The van der Waals surface area contributed by atoms with Gasteiger partial charge >= 0.3 is 5.97 Å². The molecule has 0 bridgehead atoms. The topological polar surface area (TPSA) is 26.3 Å². The zero-order chi connectivity index (χ0) is 17.4. The number of carbonyl (C=O) groups excluding carboxylic acids is 1. The van der Waals surface area contributed by atoms with Gasteiger partial charge in [-0.15, -0.1) is 0 Å². The third-order valence-corrected chi connectivity index (χ3v) is 6.39. The highest BCUT2D eigenvalue weighted by Gasteiger charge is 2.35. The summed E-state index contributed by atoms with van der Waals surface area (Å²) in [5.41, 5.74) is -0.403. The third-order valence-electron chi connectivity index (χ3n) is 4.51. The average Bonchev–Trinajstić information content (AvgIpc) is 2.65. The Morgan fingerprint density at radius 3 is 1.88 bits per heavy atom. The summed E-state index contributed by atoms with van der Waals surface area (Å²) in [6.07, 6.45) is 3.83. The third kappa shape index (κ3) is 4.68. The molecule has 0 N–H and O–H groups in total. The molecule has 2 nitrogen and oxygen atoms in total. The predicted octanol–water partition coefficient (Wildman–Crippen LogP) is 5.18. The van der Waals surface area contributed by atoms with Crippen molar-refractivity contribution in [2.24, 2.45) is 5.41 Å². The molecule has 2 aromatic rings.